The van der Waals surface area contributed by atoms with Crippen molar-refractivity contribution in [3.63, 3.8) is 0 Å². The average molecular weight is 913 g/mol. The van der Waals surface area contributed by atoms with Gasteiger partial charge in [0.1, 0.15) is 13.2 Å². The molecule has 1 atom stereocenters. The fourth-order valence-corrected chi connectivity index (χ4v) is 6.83. The number of carbonyl (C=O) groups is 3. The van der Waals surface area contributed by atoms with Gasteiger partial charge in [-0.05, 0) is 109 Å². The van der Waals surface area contributed by atoms with Crippen LogP contribution in [0.25, 0.3) is 0 Å². The third kappa shape index (κ3) is 50.8. The summed E-state index contributed by atoms with van der Waals surface area (Å²) in [6.45, 7) is 6.29. The zero-order valence-electron chi connectivity index (χ0n) is 42.4. The van der Waals surface area contributed by atoms with E-state index in [0.717, 1.165) is 128 Å². The predicted octanol–water partition coefficient (Wildman–Crippen LogP) is 17.7. The third-order valence-electron chi connectivity index (χ3n) is 10.8. The quantitative estimate of drug-likeness (QED) is 0.0199. The van der Waals surface area contributed by atoms with Crippen molar-refractivity contribution in [3.8, 4) is 0 Å². The number of esters is 3. The van der Waals surface area contributed by atoms with Crippen molar-refractivity contribution in [1.29, 1.82) is 0 Å². The summed E-state index contributed by atoms with van der Waals surface area (Å²) >= 11 is 0. The van der Waals surface area contributed by atoms with Gasteiger partial charge in [0.2, 0.25) is 0 Å². The van der Waals surface area contributed by atoms with Crippen molar-refractivity contribution in [2.24, 2.45) is 0 Å². The molecule has 0 saturated carbocycles. The maximum atomic E-state index is 12.8. The van der Waals surface area contributed by atoms with Crippen LogP contribution < -0.4 is 0 Å². The van der Waals surface area contributed by atoms with Crippen LogP contribution in [0.4, 0.5) is 0 Å². The molecule has 0 fully saturated rings. The van der Waals surface area contributed by atoms with Gasteiger partial charge in [0.15, 0.2) is 6.10 Å². The lowest BCUT2D eigenvalue weighted by atomic mass is 10.1. The minimum atomic E-state index is -0.812. The molecule has 0 aliphatic carbocycles. The smallest absolute Gasteiger partial charge is 0.306 e. The van der Waals surface area contributed by atoms with E-state index in [0.29, 0.717) is 12.8 Å². The maximum absolute atomic E-state index is 12.8. The highest BCUT2D eigenvalue weighted by molar-refractivity contribution is 5.71. The molecule has 0 aromatic carbocycles. The van der Waals surface area contributed by atoms with E-state index in [9.17, 15) is 14.4 Å². The average Bonchev–Trinajstić information content (AvgIpc) is 3.31. The molecule has 0 amide bonds. The first kappa shape index (κ1) is 61.8. The first-order valence-electron chi connectivity index (χ1n) is 26.6. The second kappa shape index (κ2) is 53.4. The van der Waals surface area contributed by atoms with Gasteiger partial charge in [0.05, 0.1) is 0 Å². The number of carbonyl (C=O) groups excluding carboxylic acids is 3. The van der Waals surface area contributed by atoms with Crippen molar-refractivity contribution in [3.05, 3.63) is 122 Å². The first-order chi connectivity index (χ1) is 32.5. The molecular weight excluding hydrogens is 817 g/mol. The molecule has 0 N–H and O–H groups in total. The Labute approximate surface area is 405 Å². The molecule has 0 rings (SSSR count). The van der Waals surface area contributed by atoms with Gasteiger partial charge in [0.25, 0.3) is 0 Å². The second-order valence-electron chi connectivity index (χ2n) is 17.1. The Morgan fingerprint density at radius 2 is 0.667 bits per heavy atom. The van der Waals surface area contributed by atoms with E-state index in [-0.39, 0.29) is 37.5 Å². The lowest BCUT2D eigenvalue weighted by Gasteiger charge is -2.18. The van der Waals surface area contributed by atoms with E-state index in [1.54, 1.807) is 0 Å². The van der Waals surface area contributed by atoms with Gasteiger partial charge in [-0.25, -0.2) is 0 Å². The Balaban J connectivity index is 4.52. The molecule has 0 bridgehead atoms. The first-order valence-corrected chi connectivity index (χ1v) is 26.6. The molecule has 0 spiro atoms. The summed E-state index contributed by atoms with van der Waals surface area (Å²) in [6, 6.07) is 0. The van der Waals surface area contributed by atoms with Crippen LogP contribution in [0.5, 0.6) is 0 Å². The summed E-state index contributed by atoms with van der Waals surface area (Å²) in [7, 11) is 0. The molecule has 0 aliphatic heterocycles. The molecule has 1 unspecified atom stereocenters. The highest BCUT2D eigenvalue weighted by Gasteiger charge is 2.19. The maximum Gasteiger partial charge on any atom is 0.306 e. The summed E-state index contributed by atoms with van der Waals surface area (Å²) in [5, 5.41) is 0. The molecule has 0 saturated heterocycles. The van der Waals surface area contributed by atoms with E-state index < -0.39 is 6.10 Å². The SMILES string of the molecule is CC\C=C/C=C\C=C/C=C\CCCCCCCC(=O)OCC(COC(=O)CCCCCCCCC/C=C\C/C=C\CCCCC)OC(=O)CCCCC/C=C\C/C=C\C/C=C\C/C=C\CC. The number of ether oxygens (including phenoxy) is 3. The zero-order valence-corrected chi connectivity index (χ0v) is 42.4. The molecule has 372 valence electrons. The summed E-state index contributed by atoms with van der Waals surface area (Å²) in [6.07, 6.45) is 73.2. The molecule has 0 radical (unpaired) electrons. The van der Waals surface area contributed by atoms with Crippen LogP contribution in [0.15, 0.2) is 122 Å². The van der Waals surface area contributed by atoms with E-state index in [1.807, 2.05) is 24.3 Å². The predicted molar refractivity (Wildman–Crippen MR) is 283 cm³/mol. The van der Waals surface area contributed by atoms with Gasteiger partial charge in [-0.2, -0.15) is 0 Å². The normalized spacial score (nSPS) is 13.1. The highest BCUT2D eigenvalue weighted by atomic mass is 16.6. The number of rotatable bonds is 46. The fourth-order valence-electron chi connectivity index (χ4n) is 6.83. The van der Waals surface area contributed by atoms with Crippen molar-refractivity contribution >= 4 is 17.9 Å². The van der Waals surface area contributed by atoms with Crippen molar-refractivity contribution in [2.75, 3.05) is 13.2 Å². The van der Waals surface area contributed by atoms with Crippen LogP contribution in [0.1, 0.15) is 220 Å². The minimum Gasteiger partial charge on any atom is -0.462 e. The molecular formula is C60H96O6. The Morgan fingerprint density at radius 3 is 1.12 bits per heavy atom. The Hall–Kier alpha value is -4.19. The molecule has 0 aromatic heterocycles. The third-order valence-corrected chi connectivity index (χ3v) is 10.8. The summed E-state index contributed by atoms with van der Waals surface area (Å²) in [4.78, 5) is 38.1. The van der Waals surface area contributed by atoms with Crippen LogP contribution in [-0.4, -0.2) is 37.2 Å². The molecule has 66 heavy (non-hydrogen) atoms. The van der Waals surface area contributed by atoms with E-state index in [4.69, 9.17) is 14.2 Å². The number of hydrogen-bond acceptors (Lipinski definition) is 6. The van der Waals surface area contributed by atoms with Crippen molar-refractivity contribution in [1.82, 2.24) is 0 Å². The van der Waals surface area contributed by atoms with Crippen LogP contribution in [0, 0.1) is 0 Å². The summed E-state index contributed by atoms with van der Waals surface area (Å²) in [5.41, 5.74) is 0. The van der Waals surface area contributed by atoms with E-state index in [2.05, 4.69) is 118 Å². The largest absolute Gasteiger partial charge is 0.462 e. The number of allylic oxidation sites excluding steroid dienone is 20. The van der Waals surface area contributed by atoms with Crippen LogP contribution in [0.2, 0.25) is 0 Å². The number of unbranched alkanes of at least 4 members (excludes halogenated alkanes) is 18. The topological polar surface area (TPSA) is 78.9 Å². The van der Waals surface area contributed by atoms with E-state index in [1.165, 1.54) is 51.4 Å². The molecule has 6 heteroatoms. The van der Waals surface area contributed by atoms with Gasteiger partial charge >= 0.3 is 17.9 Å². The molecule has 0 aromatic rings. The van der Waals surface area contributed by atoms with Crippen molar-refractivity contribution < 1.29 is 28.6 Å². The lowest BCUT2D eigenvalue weighted by molar-refractivity contribution is -0.167. The van der Waals surface area contributed by atoms with Gasteiger partial charge in [-0.15, -0.1) is 0 Å². The summed E-state index contributed by atoms with van der Waals surface area (Å²) in [5.74, 6) is -0.975. The van der Waals surface area contributed by atoms with Crippen LogP contribution >= 0.6 is 0 Å². The monoisotopic (exact) mass is 913 g/mol. The number of hydrogen-bond donors (Lipinski definition) is 0. The van der Waals surface area contributed by atoms with Crippen LogP contribution in [0.3, 0.4) is 0 Å². The summed E-state index contributed by atoms with van der Waals surface area (Å²) < 4.78 is 16.8. The lowest BCUT2D eigenvalue weighted by Crippen LogP contribution is -2.30. The highest BCUT2D eigenvalue weighted by Crippen LogP contribution is 2.13. The fraction of sp³-hybridized carbons (Fsp3) is 0.617. The molecule has 6 nitrogen and oxygen atoms in total. The molecule has 0 heterocycles. The Kier molecular flexibility index (Phi) is 50.0. The van der Waals surface area contributed by atoms with Gasteiger partial charge in [-0.3, -0.25) is 14.4 Å². The van der Waals surface area contributed by atoms with Gasteiger partial charge in [-0.1, -0.05) is 213 Å². The molecule has 0 aliphatic rings. The standard InChI is InChI=1S/C60H96O6/c1-4-7-10-13-16-19-22-25-28-30-33-35-38-41-44-47-50-53-59(62)65-56-57(55-64-58(61)52-49-46-43-40-37-34-31-27-24-21-18-15-12-9-6-3)66-60(63)54-51-48-45-42-39-36-32-29-26-23-20-17-14-11-8-5-2/h8-9,11-12,15-21,24-29,31,36,39,57H,4-7,10,13-14,22-23,30,32-35,37-38,40-56H2,1-3H3/b11-8-,12-9-,18-15-,19-16-,20-17-,24-21-,28-25-,29-26-,31-27-,39-36-. The Morgan fingerprint density at radius 1 is 0.333 bits per heavy atom. The van der Waals surface area contributed by atoms with Crippen molar-refractivity contribution in [2.45, 2.75) is 226 Å². The zero-order chi connectivity index (χ0) is 47.9. The second-order valence-corrected chi connectivity index (χ2v) is 17.1. The van der Waals surface area contributed by atoms with Gasteiger partial charge in [0, 0.05) is 19.3 Å². The minimum absolute atomic E-state index is 0.107. The Bertz CT molecular complexity index is 1420. The van der Waals surface area contributed by atoms with E-state index >= 15 is 0 Å². The van der Waals surface area contributed by atoms with Crippen LogP contribution in [-0.2, 0) is 28.6 Å². The van der Waals surface area contributed by atoms with Gasteiger partial charge < -0.3 is 14.2 Å².